The summed E-state index contributed by atoms with van der Waals surface area (Å²) in [6.07, 6.45) is 2.33. The lowest BCUT2D eigenvalue weighted by Gasteiger charge is -2.25. The second-order valence-corrected chi connectivity index (χ2v) is 9.93. The number of carbonyl (C=O) groups excluding carboxylic acids is 3. The van der Waals surface area contributed by atoms with Gasteiger partial charge >= 0.3 is 12.1 Å². The Balaban J connectivity index is 1.35. The van der Waals surface area contributed by atoms with Crippen LogP contribution in [0.15, 0.2) is 23.6 Å². The van der Waals surface area contributed by atoms with E-state index >= 15 is 0 Å². The molecule has 2 aromatic rings. The summed E-state index contributed by atoms with van der Waals surface area (Å²) in [5, 5.41) is 5.48. The standard InChI is InChI=1S/C22H24ClN5O4S/c1-32-21(31)27-9-6-22(12-27)13-28(17-5-4-14(23)10-15(17)22)20(30)25-19-24-16(11-33-19)18(29)26-7-2-3-8-26/h4-5,10-11H,2-3,6-9,12-13H2,1H3,(H,24,25,30). The van der Waals surface area contributed by atoms with E-state index < -0.39 is 5.41 Å². The third kappa shape index (κ3) is 3.91. The number of carbonyl (C=O) groups is 3. The molecule has 1 atom stereocenters. The molecule has 0 saturated carbocycles. The van der Waals surface area contributed by atoms with Crippen LogP contribution in [-0.2, 0) is 10.2 Å². The Bertz CT molecular complexity index is 1120. The number of fused-ring (bicyclic) bond motifs is 2. The van der Waals surface area contributed by atoms with Gasteiger partial charge in [0.15, 0.2) is 5.13 Å². The van der Waals surface area contributed by atoms with Crippen LogP contribution in [0.4, 0.5) is 20.4 Å². The van der Waals surface area contributed by atoms with Crippen LogP contribution in [0.2, 0.25) is 5.02 Å². The molecule has 4 heterocycles. The molecule has 0 radical (unpaired) electrons. The van der Waals surface area contributed by atoms with Gasteiger partial charge in [0.2, 0.25) is 0 Å². The molecule has 0 bridgehead atoms. The van der Waals surface area contributed by atoms with E-state index in [4.69, 9.17) is 16.3 Å². The molecule has 2 saturated heterocycles. The Hall–Kier alpha value is -2.85. The molecule has 1 aromatic carbocycles. The molecular formula is C22H24ClN5O4S. The van der Waals surface area contributed by atoms with Gasteiger partial charge in [-0.25, -0.2) is 14.6 Å². The number of halogens is 1. The van der Waals surface area contributed by atoms with Crippen molar-refractivity contribution >= 4 is 51.8 Å². The normalized spacial score (nSPS) is 21.6. The van der Waals surface area contributed by atoms with Gasteiger partial charge in [0.25, 0.3) is 5.91 Å². The van der Waals surface area contributed by atoms with E-state index in [0.29, 0.717) is 41.9 Å². The van der Waals surface area contributed by atoms with Crippen LogP contribution in [0.3, 0.4) is 0 Å². The zero-order valence-electron chi connectivity index (χ0n) is 18.2. The number of thiazole rings is 1. The molecule has 5 rings (SSSR count). The monoisotopic (exact) mass is 489 g/mol. The first kappa shape index (κ1) is 22.0. The van der Waals surface area contributed by atoms with Crippen molar-refractivity contribution in [1.29, 1.82) is 0 Å². The maximum atomic E-state index is 13.3. The van der Waals surface area contributed by atoms with Gasteiger partial charge < -0.3 is 14.5 Å². The highest BCUT2D eigenvalue weighted by atomic mass is 35.5. The molecule has 11 heteroatoms. The number of hydrogen-bond donors (Lipinski definition) is 1. The molecule has 2 fully saturated rings. The van der Waals surface area contributed by atoms with Gasteiger partial charge in [0, 0.05) is 54.2 Å². The second kappa shape index (κ2) is 8.49. The average molecular weight is 490 g/mol. The third-order valence-corrected chi connectivity index (χ3v) is 7.64. The summed E-state index contributed by atoms with van der Waals surface area (Å²) in [7, 11) is 1.36. The maximum Gasteiger partial charge on any atom is 0.409 e. The molecule has 174 valence electrons. The zero-order chi connectivity index (χ0) is 23.2. The number of amides is 4. The number of ether oxygens (including phenoxy) is 1. The van der Waals surface area contributed by atoms with Crippen molar-refractivity contribution in [3.8, 4) is 0 Å². The molecule has 1 spiro atoms. The Morgan fingerprint density at radius 2 is 1.94 bits per heavy atom. The van der Waals surface area contributed by atoms with Crippen LogP contribution in [0.1, 0.15) is 35.3 Å². The number of aromatic nitrogens is 1. The van der Waals surface area contributed by atoms with Crippen molar-refractivity contribution in [2.75, 3.05) is 50.1 Å². The van der Waals surface area contributed by atoms with Crippen LogP contribution in [0, 0.1) is 0 Å². The summed E-state index contributed by atoms with van der Waals surface area (Å²) in [6, 6.07) is 5.13. The Labute approximate surface area is 200 Å². The van der Waals surface area contributed by atoms with Crippen molar-refractivity contribution in [3.63, 3.8) is 0 Å². The fourth-order valence-corrected chi connectivity index (χ4v) is 5.85. The van der Waals surface area contributed by atoms with Crippen LogP contribution in [0.25, 0.3) is 0 Å². The molecule has 9 nitrogen and oxygen atoms in total. The minimum atomic E-state index is -0.411. The van der Waals surface area contributed by atoms with E-state index in [1.165, 1.54) is 18.4 Å². The quantitative estimate of drug-likeness (QED) is 0.692. The number of nitrogens with zero attached hydrogens (tertiary/aromatic N) is 4. The van der Waals surface area contributed by atoms with E-state index in [-0.39, 0.29) is 18.0 Å². The summed E-state index contributed by atoms with van der Waals surface area (Å²) in [5.74, 6) is -0.0989. The number of anilines is 2. The molecular weight excluding hydrogens is 466 g/mol. The summed E-state index contributed by atoms with van der Waals surface area (Å²) in [4.78, 5) is 47.4. The van der Waals surface area contributed by atoms with Gasteiger partial charge in [-0.2, -0.15) is 0 Å². The first-order valence-electron chi connectivity index (χ1n) is 10.9. The smallest absolute Gasteiger partial charge is 0.409 e. The Morgan fingerprint density at radius 1 is 1.15 bits per heavy atom. The number of benzene rings is 1. The number of hydrogen-bond acceptors (Lipinski definition) is 6. The molecule has 1 N–H and O–H groups in total. The third-order valence-electron chi connectivity index (χ3n) is 6.64. The van der Waals surface area contributed by atoms with Crippen LogP contribution in [0.5, 0.6) is 0 Å². The number of likely N-dealkylation sites (tertiary alicyclic amines) is 2. The highest BCUT2D eigenvalue weighted by Gasteiger charge is 2.50. The lowest BCUT2D eigenvalue weighted by molar-refractivity contribution is 0.0788. The maximum absolute atomic E-state index is 13.3. The minimum Gasteiger partial charge on any atom is -0.453 e. The highest BCUT2D eigenvalue weighted by molar-refractivity contribution is 7.14. The van der Waals surface area contributed by atoms with Gasteiger partial charge in [-0.3, -0.25) is 15.0 Å². The van der Waals surface area contributed by atoms with Gasteiger partial charge in [-0.05, 0) is 43.0 Å². The van der Waals surface area contributed by atoms with Gasteiger partial charge in [-0.15, -0.1) is 11.3 Å². The summed E-state index contributed by atoms with van der Waals surface area (Å²) in [6.45, 7) is 2.89. The van der Waals surface area contributed by atoms with Crippen molar-refractivity contribution in [1.82, 2.24) is 14.8 Å². The predicted octanol–water partition coefficient (Wildman–Crippen LogP) is 3.79. The van der Waals surface area contributed by atoms with Crippen molar-refractivity contribution in [2.24, 2.45) is 0 Å². The Morgan fingerprint density at radius 3 is 2.70 bits per heavy atom. The van der Waals surface area contributed by atoms with Crippen LogP contribution >= 0.6 is 22.9 Å². The molecule has 4 amide bonds. The first-order valence-corrected chi connectivity index (χ1v) is 12.1. The van der Waals surface area contributed by atoms with E-state index in [0.717, 1.165) is 37.2 Å². The number of nitrogens with one attached hydrogen (secondary N) is 1. The first-order chi connectivity index (χ1) is 15.9. The van der Waals surface area contributed by atoms with Gasteiger partial charge in [0.1, 0.15) is 5.69 Å². The lowest BCUT2D eigenvalue weighted by atomic mass is 9.81. The highest BCUT2D eigenvalue weighted by Crippen LogP contribution is 2.47. The minimum absolute atomic E-state index is 0.0989. The van der Waals surface area contributed by atoms with Gasteiger partial charge in [0.05, 0.1) is 7.11 Å². The molecule has 0 aliphatic carbocycles. The molecule has 33 heavy (non-hydrogen) atoms. The van der Waals surface area contributed by atoms with Crippen LogP contribution in [-0.4, -0.2) is 72.6 Å². The average Bonchev–Trinajstić information content (AvgIpc) is 3.61. The van der Waals surface area contributed by atoms with E-state index in [9.17, 15) is 14.4 Å². The largest absolute Gasteiger partial charge is 0.453 e. The van der Waals surface area contributed by atoms with E-state index in [2.05, 4.69) is 10.3 Å². The van der Waals surface area contributed by atoms with Crippen molar-refractivity contribution in [3.05, 3.63) is 39.9 Å². The fourth-order valence-electron chi connectivity index (χ4n) is 5.00. The molecule has 1 unspecified atom stereocenters. The topological polar surface area (TPSA) is 95.1 Å². The van der Waals surface area contributed by atoms with Crippen molar-refractivity contribution in [2.45, 2.75) is 24.7 Å². The second-order valence-electron chi connectivity index (χ2n) is 8.64. The van der Waals surface area contributed by atoms with E-state index in [1.54, 1.807) is 26.1 Å². The zero-order valence-corrected chi connectivity index (χ0v) is 19.7. The molecule has 3 aliphatic heterocycles. The molecule has 3 aliphatic rings. The summed E-state index contributed by atoms with van der Waals surface area (Å²) < 4.78 is 4.89. The number of methoxy groups -OCH3 is 1. The number of rotatable bonds is 2. The van der Waals surface area contributed by atoms with Crippen LogP contribution < -0.4 is 10.2 Å². The Kier molecular flexibility index (Phi) is 5.65. The lowest BCUT2D eigenvalue weighted by Crippen LogP contribution is -2.41. The van der Waals surface area contributed by atoms with E-state index in [1.807, 2.05) is 12.1 Å². The SMILES string of the molecule is COC(=O)N1CCC2(C1)CN(C(=O)Nc1nc(C(=O)N3CCCC3)cs1)c1ccc(Cl)cc12. The molecule has 1 aromatic heterocycles. The summed E-state index contributed by atoms with van der Waals surface area (Å²) >= 11 is 7.52. The summed E-state index contributed by atoms with van der Waals surface area (Å²) in [5.41, 5.74) is 1.65. The van der Waals surface area contributed by atoms with Gasteiger partial charge in [-0.1, -0.05) is 11.6 Å². The predicted molar refractivity (Wildman–Crippen MR) is 125 cm³/mol. The number of urea groups is 1. The fraction of sp³-hybridized carbons (Fsp3) is 0.455. The van der Waals surface area contributed by atoms with Crippen molar-refractivity contribution < 1.29 is 19.1 Å².